The summed E-state index contributed by atoms with van der Waals surface area (Å²) in [5.41, 5.74) is 1.61. The molecule has 36 heavy (non-hydrogen) atoms. The summed E-state index contributed by atoms with van der Waals surface area (Å²) in [4.78, 5) is 6.82. The number of ether oxygens (including phenoxy) is 4. The number of halogens is 1. The highest BCUT2D eigenvalue weighted by atomic mass is 19.1. The van der Waals surface area contributed by atoms with E-state index >= 15 is 0 Å². The van der Waals surface area contributed by atoms with E-state index < -0.39 is 0 Å². The number of fused-ring (bicyclic) bond motifs is 1. The molecule has 1 aliphatic heterocycles. The van der Waals surface area contributed by atoms with Crippen LogP contribution in [0.25, 0.3) is 10.9 Å². The van der Waals surface area contributed by atoms with Gasteiger partial charge in [0.05, 0.1) is 32.4 Å². The number of morpholine rings is 1. The van der Waals surface area contributed by atoms with Crippen molar-refractivity contribution in [3.05, 3.63) is 54.0 Å². The van der Waals surface area contributed by atoms with Gasteiger partial charge in [0.2, 0.25) is 0 Å². The summed E-state index contributed by atoms with van der Waals surface area (Å²) < 4.78 is 37.3. The standard InChI is InChI=1S/C25H29FN2O4.2C2H6/c1-3-18-5-6-23(20(26)15-18)32-22-7-8-27-21-17-25(24(29-2)16-19(21)22)31-12-4-9-28-10-13-30-14-11-28;2*1-2/h5-8,15-17H,3-4,9-14H2,1-2H3;2*1-2H3. The first-order valence-electron chi connectivity index (χ1n) is 13.0. The van der Waals surface area contributed by atoms with E-state index in [-0.39, 0.29) is 11.6 Å². The highest BCUT2D eigenvalue weighted by molar-refractivity contribution is 5.88. The van der Waals surface area contributed by atoms with Crippen LogP contribution >= 0.6 is 0 Å². The van der Waals surface area contributed by atoms with Crippen molar-refractivity contribution in [2.45, 2.75) is 47.5 Å². The maximum Gasteiger partial charge on any atom is 0.165 e. The van der Waals surface area contributed by atoms with Gasteiger partial charge in [-0.2, -0.15) is 0 Å². The van der Waals surface area contributed by atoms with Crippen LogP contribution in [0.15, 0.2) is 42.6 Å². The van der Waals surface area contributed by atoms with Crippen LogP contribution in [0, 0.1) is 5.82 Å². The van der Waals surface area contributed by atoms with Crippen LogP contribution in [0.1, 0.15) is 46.6 Å². The number of hydrogen-bond donors (Lipinski definition) is 0. The van der Waals surface area contributed by atoms with Gasteiger partial charge in [0.25, 0.3) is 0 Å². The average Bonchev–Trinajstić information content (AvgIpc) is 2.94. The van der Waals surface area contributed by atoms with Crippen molar-refractivity contribution in [3.63, 3.8) is 0 Å². The zero-order valence-corrected chi connectivity index (χ0v) is 22.6. The van der Waals surface area contributed by atoms with Crippen molar-refractivity contribution >= 4 is 10.9 Å². The average molecular weight is 501 g/mol. The Balaban J connectivity index is 0.00000109. The van der Waals surface area contributed by atoms with Gasteiger partial charge in [-0.1, -0.05) is 40.7 Å². The zero-order valence-electron chi connectivity index (χ0n) is 22.6. The second kappa shape index (κ2) is 16.0. The van der Waals surface area contributed by atoms with Crippen LogP contribution < -0.4 is 14.2 Å². The molecular formula is C29H41FN2O4. The van der Waals surface area contributed by atoms with E-state index in [0.29, 0.717) is 29.4 Å². The Kier molecular flexibility index (Phi) is 13.0. The molecule has 4 rings (SSSR count). The first-order valence-corrected chi connectivity index (χ1v) is 13.0. The molecule has 1 saturated heterocycles. The molecule has 198 valence electrons. The summed E-state index contributed by atoms with van der Waals surface area (Å²) in [6, 6.07) is 10.4. The number of aromatic nitrogens is 1. The van der Waals surface area contributed by atoms with Crippen molar-refractivity contribution in [2.24, 2.45) is 0 Å². The fourth-order valence-electron chi connectivity index (χ4n) is 3.75. The maximum atomic E-state index is 14.4. The Morgan fingerprint density at radius 3 is 2.36 bits per heavy atom. The fourth-order valence-corrected chi connectivity index (χ4v) is 3.75. The molecule has 1 fully saturated rings. The Morgan fingerprint density at radius 1 is 0.944 bits per heavy atom. The van der Waals surface area contributed by atoms with Crippen molar-refractivity contribution in [3.8, 4) is 23.0 Å². The van der Waals surface area contributed by atoms with E-state index in [1.165, 1.54) is 6.07 Å². The van der Waals surface area contributed by atoms with Crippen LogP contribution in [-0.4, -0.2) is 56.4 Å². The van der Waals surface area contributed by atoms with Crippen molar-refractivity contribution in [2.75, 3.05) is 46.6 Å². The fraction of sp³-hybridized carbons (Fsp3) is 0.483. The largest absolute Gasteiger partial charge is 0.493 e. The van der Waals surface area contributed by atoms with Gasteiger partial charge in [0.15, 0.2) is 23.1 Å². The van der Waals surface area contributed by atoms with E-state index in [0.717, 1.165) is 56.6 Å². The van der Waals surface area contributed by atoms with Gasteiger partial charge in [-0.3, -0.25) is 9.88 Å². The Bertz CT molecular complexity index is 1050. The highest BCUT2D eigenvalue weighted by Gasteiger charge is 2.14. The number of benzene rings is 2. The molecule has 1 aliphatic rings. The second-order valence-corrected chi connectivity index (χ2v) is 7.71. The normalized spacial score (nSPS) is 13.2. The van der Waals surface area contributed by atoms with Crippen LogP contribution in [0.5, 0.6) is 23.0 Å². The predicted molar refractivity (Wildman–Crippen MR) is 144 cm³/mol. The Labute approximate surface area is 215 Å². The number of methoxy groups -OCH3 is 1. The molecule has 0 amide bonds. The quantitative estimate of drug-likeness (QED) is 0.298. The first kappa shape index (κ1) is 29.3. The first-order chi connectivity index (χ1) is 17.7. The number of pyridine rings is 1. The van der Waals surface area contributed by atoms with Crippen LogP contribution in [-0.2, 0) is 11.2 Å². The monoisotopic (exact) mass is 500 g/mol. The van der Waals surface area contributed by atoms with Crippen molar-refractivity contribution in [1.82, 2.24) is 9.88 Å². The molecule has 6 nitrogen and oxygen atoms in total. The van der Waals surface area contributed by atoms with Gasteiger partial charge in [0, 0.05) is 37.3 Å². The molecule has 0 bridgehead atoms. The molecule has 0 radical (unpaired) electrons. The molecule has 0 unspecified atom stereocenters. The molecule has 0 atom stereocenters. The molecule has 7 heteroatoms. The summed E-state index contributed by atoms with van der Waals surface area (Å²) >= 11 is 0. The van der Waals surface area contributed by atoms with Crippen molar-refractivity contribution in [1.29, 1.82) is 0 Å². The Morgan fingerprint density at radius 2 is 1.69 bits per heavy atom. The minimum absolute atomic E-state index is 0.178. The van der Waals surface area contributed by atoms with Crippen LogP contribution in [0.4, 0.5) is 4.39 Å². The molecule has 0 saturated carbocycles. The van der Waals surface area contributed by atoms with Gasteiger partial charge < -0.3 is 18.9 Å². The summed E-state index contributed by atoms with van der Waals surface area (Å²) in [6.07, 6.45) is 3.32. The lowest BCUT2D eigenvalue weighted by molar-refractivity contribution is 0.0357. The summed E-state index contributed by atoms with van der Waals surface area (Å²) in [7, 11) is 1.60. The second-order valence-electron chi connectivity index (χ2n) is 7.71. The van der Waals surface area contributed by atoms with E-state index in [1.54, 1.807) is 25.4 Å². The molecule has 0 spiro atoms. The smallest absolute Gasteiger partial charge is 0.165 e. The number of nitrogens with zero attached hydrogens (tertiary/aromatic N) is 2. The molecule has 2 aromatic carbocycles. The molecule has 0 aliphatic carbocycles. The lowest BCUT2D eigenvalue weighted by atomic mass is 10.1. The molecule has 0 N–H and O–H groups in total. The molecule has 1 aromatic heterocycles. The predicted octanol–water partition coefficient (Wildman–Crippen LogP) is 6.89. The van der Waals surface area contributed by atoms with E-state index in [2.05, 4.69) is 9.88 Å². The van der Waals surface area contributed by atoms with Crippen LogP contribution in [0.2, 0.25) is 0 Å². The van der Waals surface area contributed by atoms with Crippen LogP contribution in [0.3, 0.4) is 0 Å². The minimum Gasteiger partial charge on any atom is -0.493 e. The summed E-state index contributed by atoms with van der Waals surface area (Å²) in [6.45, 7) is 15.0. The number of aryl methyl sites for hydroxylation is 1. The minimum atomic E-state index is -0.388. The Hall–Kier alpha value is -2.90. The molecule has 2 heterocycles. The highest BCUT2D eigenvalue weighted by Crippen LogP contribution is 2.37. The van der Waals surface area contributed by atoms with Gasteiger partial charge in [0.1, 0.15) is 5.75 Å². The lowest BCUT2D eigenvalue weighted by Crippen LogP contribution is -2.37. The number of hydrogen-bond acceptors (Lipinski definition) is 6. The van der Waals surface area contributed by atoms with Crippen molar-refractivity contribution < 1.29 is 23.3 Å². The summed E-state index contributed by atoms with van der Waals surface area (Å²) in [5.74, 6) is 1.52. The van der Waals surface area contributed by atoms with Gasteiger partial charge in [-0.25, -0.2) is 4.39 Å². The topological polar surface area (TPSA) is 53.1 Å². The van der Waals surface area contributed by atoms with Gasteiger partial charge in [-0.05, 0) is 42.7 Å². The summed E-state index contributed by atoms with van der Waals surface area (Å²) in [5, 5.41) is 0.726. The molecular weight excluding hydrogens is 459 g/mol. The molecule has 3 aromatic rings. The lowest BCUT2D eigenvalue weighted by Gasteiger charge is -2.26. The van der Waals surface area contributed by atoms with Gasteiger partial charge in [-0.15, -0.1) is 0 Å². The number of rotatable bonds is 9. The third-order valence-corrected chi connectivity index (χ3v) is 5.59. The SMILES string of the molecule is CC.CC.CCc1ccc(Oc2ccnc3cc(OCCCN4CCOCC4)c(OC)cc23)c(F)c1. The van der Waals surface area contributed by atoms with E-state index in [4.69, 9.17) is 18.9 Å². The third kappa shape index (κ3) is 8.07. The van der Waals surface area contributed by atoms with E-state index in [9.17, 15) is 4.39 Å². The van der Waals surface area contributed by atoms with E-state index in [1.807, 2.05) is 52.8 Å². The zero-order chi connectivity index (χ0) is 26.3. The maximum absolute atomic E-state index is 14.4. The van der Waals surface area contributed by atoms with Gasteiger partial charge >= 0.3 is 0 Å². The third-order valence-electron chi connectivity index (χ3n) is 5.59.